The number of amides is 3. The number of ether oxygens (including phenoxy) is 1. The van der Waals surface area contributed by atoms with Crippen molar-refractivity contribution < 1.29 is 19.1 Å². The first kappa shape index (κ1) is 28.3. The number of thiophene rings is 1. The van der Waals surface area contributed by atoms with Gasteiger partial charge in [-0.25, -0.2) is 4.98 Å². The van der Waals surface area contributed by atoms with Crippen molar-refractivity contribution in [1.29, 1.82) is 0 Å². The summed E-state index contributed by atoms with van der Waals surface area (Å²) < 4.78 is 5.32. The molecule has 2 N–H and O–H groups in total. The van der Waals surface area contributed by atoms with Crippen molar-refractivity contribution in [3.05, 3.63) is 76.6 Å². The Balaban J connectivity index is 1.52. The Bertz CT molecular complexity index is 1200. The zero-order valence-electron chi connectivity index (χ0n) is 22.3. The van der Waals surface area contributed by atoms with E-state index in [2.05, 4.69) is 15.6 Å². The molecule has 3 aromatic rings. The smallest absolute Gasteiger partial charge is 0.247 e. The number of methoxy groups -OCH3 is 1. The molecule has 1 fully saturated rings. The highest BCUT2D eigenvalue weighted by Gasteiger charge is 2.33. The fraction of sp³-hybridized carbons (Fsp3) is 0.400. The molecule has 1 saturated carbocycles. The number of hydrogen-bond acceptors (Lipinski definition) is 6. The molecule has 39 heavy (non-hydrogen) atoms. The normalized spacial score (nSPS) is 14.3. The Labute approximate surface area is 233 Å². The first-order valence-electron chi connectivity index (χ1n) is 13.5. The molecule has 0 bridgehead atoms. The summed E-state index contributed by atoms with van der Waals surface area (Å²) in [5.41, 5.74) is 0.724. The van der Waals surface area contributed by atoms with Crippen molar-refractivity contribution in [2.24, 2.45) is 0 Å². The molecule has 9 heteroatoms. The minimum Gasteiger partial charge on any atom is -0.497 e. The van der Waals surface area contributed by atoms with Crippen molar-refractivity contribution in [3.8, 4) is 5.75 Å². The maximum Gasteiger partial charge on any atom is 0.247 e. The summed E-state index contributed by atoms with van der Waals surface area (Å²) >= 11 is 1.55. The lowest BCUT2D eigenvalue weighted by Crippen LogP contribution is -2.46. The number of hydrogen-bond donors (Lipinski definition) is 2. The van der Waals surface area contributed by atoms with Gasteiger partial charge in [-0.15, -0.1) is 11.3 Å². The molecule has 0 spiro atoms. The third kappa shape index (κ3) is 8.38. The van der Waals surface area contributed by atoms with Crippen molar-refractivity contribution >= 4 is 34.9 Å². The van der Waals surface area contributed by atoms with E-state index in [-0.39, 0.29) is 36.6 Å². The van der Waals surface area contributed by atoms with Crippen LogP contribution in [0.1, 0.15) is 67.8 Å². The average Bonchev–Trinajstić information content (AvgIpc) is 3.47. The monoisotopic (exact) mass is 548 g/mol. The largest absolute Gasteiger partial charge is 0.497 e. The fourth-order valence-electron chi connectivity index (χ4n) is 4.87. The number of carbonyl (C=O) groups is 3. The molecule has 8 nitrogen and oxygen atoms in total. The van der Waals surface area contributed by atoms with Crippen LogP contribution in [-0.4, -0.2) is 40.8 Å². The highest BCUT2D eigenvalue weighted by Crippen LogP contribution is 2.29. The second-order valence-corrected chi connectivity index (χ2v) is 10.8. The number of nitrogens with one attached hydrogen (secondary N) is 2. The van der Waals surface area contributed by atoms with Gasteiger partial charge in [0.1, 0.15) is 17.6 Å². The van der Waals surface area contributed by atoms with Crippen LogP contribution in [0.25, 0.3) is 0 Å². The first-order chi connectivity index (χ1) is 19.0. The van der Waals surface area contributed by atoms with Crippen LogP contribution in [0.5, 0.6) is 5.75 Å². The van der Waals surface area contributed by atoms with E-state index in [1.165, 1.54) is 6.42 Å². The first-order valence-corrected chi connectivity index (χ1v) is 14.4. The number of aromatic nitrogens is 1. The molecule has 3 amide bonds. The van der Waals surface area contributed by atoms with E-state index in [0.29, 0.717) is 24.5 Å². The Kier molecular flexibility index (Phi) is 10.5. The number of rotatable bonds is 12. The van der Waals surface area contributed by atoms with Gasteiger partial charge >= 0.3 is 0 Å². The number of benzene rings is 1. The van der Waals surface area contributed by atoms with Crippen LogP contribution in [0.2, 0.25) is 0 Å². The molecular weight excluding hydrogens is 512 g/mol. The lowest BCUT2D eigenvalue weighted by molar-refractivity contribution is -0.142. The van der Waals surface area contributed by atoms with Crippen LogP contribution in [0.4, 0.5) is 5.82 Å². The van der Waals surface area contributed by atoms with Crippen LogP contribution in [0, 0.1) is 0 Å². The second kappa shape index (κ2) is 14.4. The standard InChI is InChI=1S/C30H36N4O4S/c1-38-24-17-15-22(16-18-24)29(30(37)32-23-9-3-2-4-10-23)34(21-25-11-8-20-39-25)28(36)14-7-13-27(35)33-26-12-5-6-19-31-26/h5-6,8,11-12,15-20,23,29H,2-4,7,9-10,13-14,21H2,1H3,(H,32,37)(H,31,33,35)/t29-/m1/s1. The van der Waals surface area contributed by atoms with Gasteiger partial charge < -0.3 is 20.3 Å². The minimum atomic E-state index is -0.797. The molecule has 0 saturated heterocycles. The van der Waals surface area contributed by atoms with Gasteiger partial charge in [-0.2, -0.15) is 0 Å². The average molecular weight is 549 g/mol. The van der Waals surface area contributed by atoms with E-state index >= 15 is 0 Å². The van der Waals surface area contributed by atoms with Gasteiger partial charge in [-0.1, -0.05) is 43.5 Å². The minimum absolute atomic E-state index is 0.112. The molecule has 0 unspecified atom stereocenters. The Hall–Kier alpha value is -3.72. The SMILES string of the molecule is COc1ccc([C@H](C(=O)NC2CCCCC2)N(Cc2cccs2)C(=O)CCCC(=O)Nc2ccccn2)cc1. The molecule has 1 aromatic carbocycles. The predicted molar refractivity (Wildman–Crippen MR) is 152 cm³/mol. The maximum atomic E-state index is 13.8. The summed E-state index contributed by atoms with van der Waals surface area (Å²) in [6, 6.07) is 15.8. The summed E-state index contributed by atoms with van der Waals surface area (Å²) in [4.78, 5) is 46.7. The number of nitrogens with zero attached hydrogens (tertiary/aromatic N) is 2. The number of carbonyl (C=O) groups excluding carboxylic acids is 3. The van der Waals surface area contributed by atoms with Crippen LogP contribution >= 0.6 is 11.3 Å². The molecule has 1 atom stereocenters. The quantitative estimate of drug-likeness (QED) is 0.312. The highest BCUT2D eigenvalue weighted by molar-refractivity contribution is 7.09. The van der Waals surface area contributed by atoms with Gasteiger partial charge in [0.05, 0.1) is 13.7 Å². The molecule has 1 aliphatic rings. The molecule has 2 heterocycles. The lowest BCUT2D eigenvalue weighted by atomic mass is 9.94. The Morgan fingerprint density at radius 1 is 1.03 bits per heavy atom. The van der Waals surface area contributed by atoms with E-state index in [0.717, 1.165) is 36.1 Å². The molecule has 0 radical (unpaired) electrons. The molecule has 0 aliphatic heterocycles. The summed E-state index contributed by atoms with van der Waals surface area (Å²) in [5.74, 6) is 0.610. The van der Waals surface area contributed by atoms with Crippen molar-refractivity contribution in [3.63, 3.8) is 0 Å². The molecular formula is C30H36N4O4S. The van der Waals surface area contributed by atoms with E-state index in [1.807, 2.05) is 41.8 Å². The van der Waals surface area contributed by atoms with Gasteiger partial charge in [0, 0.05) is 30.0 Å². The molecule has 1 aliphatic carbocycles. The number of pyridine rings is 1. The van der Waals surface area contributed by atoms with Gasteiger partial charge in [-0.05, 0) is 60.5 Å². The van der Waals surface area contributed by atoms with E-state index < -0.39 is 6.04 Å². The molecule has 4 rings (SSSR count). The van der Waals surface area contributed by atoms with Gasteiger partial charge in [-0.3, -0.25) is 14.4 Å². The van der Waals surface area contributed by atoms with Crippen molar-refractivity contribution in [1.82, 2.24) is 15.2 Å². The van der Waals surface area contributed by atoms with Gasteiger partial charge in [0.25, 0.3) is 0 Å². The fourth-order valence-corrected chi connectivity index (χ4v) is 5.57. The topological polar surface area (TPSA) is 101 Å². The zero-order chi connectivity index (χ0) is 27.5. The summed E-state index contributed by atoms with van der Waals surface area (Å²) in [7, 11) is 1.60. The predicted octanol–water partition coefficient (Wildman–Crippen LogP) is 5.48. The maximum absolute atomic E-state index is 13.8. The summed E-state index contributed by atoms with van der Waals surface area (Å²) in [5, 5.41) is 7.95. The second-order valence-electron chi connectivity index (χ2n) is 9.74. The van der Waals surface area contributed by atoms with Crippen molar-refractivity contribution in [2.45, 2.75) is 70.0 Å². The Morgan fingerprint density at radius 2 is 1.82 bits per heavy atom. The molecule has 206 valence electrons. The van der Waals surface area contributed by atoms with E-state index in [4.69, 9.17) is 4.74 Å². The zero-order valence-corrected chi connectivity index (χ0v) is 23.1. The highest BCUT2D eigenvalue weighted by atomic mass is 32.1. The van der Waals surface area contributed by atoms with Crippen LogP contribution in [-0.2, 0) is 20.9 Å². The third-order valence-corrected chi connectivity index (χ3v) is 7.76. The van der Waals surface area contributed by atoms with E-state index in [9.17, 15) is 14.4 Å². The van der Waals surface area contributed by atoms with Crippen LogP contribution in [0.15, 0.2) is 66.2 Å². The summed E-state index contributed by atoms with van der Waals surface area (Å²) in [6.45, 7) is 0.311. The molecule has 2 aromatic heterocycles. The van der Waals surface area contributed by atoms with Crippen LogP contribution < -0.4 is 15.4 Å². The third-order valence-electron chi connectivity index (χ3n) is 6.90. The number of anilines is 1. The van der Waals surface area contributed by atoms with Crippen molar-refractivity contribution in [2.75, 3.05) is 12.4 Å². The van der Waals surface area contributed by atoms with Crippen LogP contribution in [0.3, 0.4) is 0 Å². The summed E-state index contributed by atoms with van der Waals surface area (Å²) in [6.07, 6.45) is 7.56. The van der Waals surface area contributed by atoms with Gasteiger partial charge in [0.15, 0.2) is 0 Å². The Morgan fingerprint density at radius 3 is 2.49 bits per heavy atom. The lowest BCUT2D eigenvalue weighted by Gasteiger charge is -2.33. The van der Waals surface area contributed by atoms with E-state index in [1.54, 1.807) is 47.7 Å². The van der Waals surface area contributed by atoms with Gasteiger partial charge in [0.2, 0.25) is 17.7 Å².